The van der Waals surface area contributed by atoms with Gasteiger partial charge in [-0.05, 0) is 44.6 Å². The largest absolute Gasteiger partial charge is 0.383 e. The van der Waals surface area contributed by atoms with Crippen LogP contribution < -0.4 is 5.32 Å². The van der Waals surface area contributed by atoms with Crippen LogP contribution in [0.15, 0.2) is 34.1 Å². The molecule has 1 aliphatic rings. The Hall–Kier alpha value is -1.17. The third-order valence-corrected chi connectivity index (χ3v) is 4.89. The van der Waals surface area contributed by atoms with Crippen molar-refractivity contribution < 1.29 is 9.90 Å². The highest BCUT2D eigenvalue weighted by molar-refractivity contribution is 9.10. The minimum absolute atomic E-state index is 0.00828. The smallest absolute Gasteiger partial charge is 0.228 e. The molecule has 0 saturated carbocycles. The van der Waals surface area contributed by atoms with Crippen molar-refractivity contribution in [1.82, 2.24) is 0 Å². The van der Waals surface area contributed by atoms with Crippen LogP contribution in [0.2, 0.25) is 0 Å². The molecule has 0 saturated heterocycles. The molecular formula is C13H10BrNO2S. The standard InChI is InChI=1S/C13H10BrNO2S/c14-9-3-4-18-13(9)12(17)7-1-2-10-8(5-7)6-11(16)15-10/h1-5,12,17H,6H2,(H,15,16). The van der Waals surface area contributed by atoms with Gasteiger partial charge in [-0.2, -0.15) is 0 Å². The predicted octanol–water partition coefficient (Wildman–Crippen LogP) is 3.09. The molecule has 3 rings (SSSR count). The zero-order valence-corrected chi connectivity index (χ0v) is 11.7. The van der Waals surface area contributed by atoms with E-state index in [4.69, 9.17) is 0 Å². The van der Waals surface area contributed by atoms with Crippen LogP contribution in [0, 0.1) is 0 Å². The van der Waals surface area contributed by atoms with Crippen molar-refractivity contribution in [3.63, 3.8) is 0 Å². The number of anilines is 1. The van der Waals surface area contributed by atoms with Crippen LogP contribution in [-0.2, 0) is 11.2 Å². The highest BCUT2D eigenvalue weighted by Crippen LogP contribution is 2.35. The molecule has 0 spiro atoms. The molecule has 1 aliphatic heterocycles. The molecule has 0 bridgehead atoms. The second kappa shape index (κ2) is 4.50. The van der Waals surface area contributed by atoms with E-state index in [0.717, 1.165) is 26.2 Å². The van der Waals surface area contributed by atoms with Crippen LogP contribution in [0.25, 0.3) is 0 Å². The molecular weight excluding hydrogens is 314 g/mol. The topological polar surface area (TPSA) is 49.3 Å². The lowest BCUT2D eigenvalue weighted by Crippen LogP contribution is -2.03. The zero-order valence-electron chi connectivity index (χ0n) is 9.31. The van der Waals surface area contributed by atoms with Gasteiger partial charge < -0.3 is 10.4 Å². The first-order valence-electron chi connectivity index (χ1n) is 5.49. The lowest BCUT2D eigenvalue weighted by molar-refractivity contribution is -0.115. The molecule has 2 aromatic rings. The predicted molar refractivity (Wildman–Crippen MR) is 74.9 cm³/mol. The molecule has 2 N–H and O–H groups in total. The van der Waals surface area contributed by atoms with E-state index in [1.165, 1.54) is 11.3 Å². The van der Waals surface area contributed by atoms with Crippen molar-refractivity contribution in [2.75, 3.05) is 5.32 Å². The van der Waals surface area contributed by atoms with Crippen molar-refractivity contribution >= 4 is 38.9 Å². The Kier molecular flexibility index (Phi) is 2.97. The first-order chi connectivity index (χ1) is 8.65. The van der Waals surface area contributed by atoms with Crippen molar-refractivity contribution in [3.05, 3.63) is 50.1 Å². The van der Waals surface area contributed by atoms with Gasteiger partial charge in [-0.25, -0.2) is 0 Å². The molecule has 2 heterocycles. The summed E-state index contributed by atoms with van der Waals surface area (Å²) in [5, 5.41) is 15.0. The van der Waals surface area contributed by atoms with Gasteiger partial charge in [-0.15, -0.1) is 11.3 Å². The summed E-state index contributed by atoms with van der Waals surface area (Å²) in [5.74, 6) is 0.00828. The number of carbonyl (C=O) groups is 1. The summed E-state index contributed by atoms with van der Waals surface area (Å²) in [4.78, 5) is 12.2. The number of fused-ring (bicyclic) bond motifs is 1. The molecule has 1 aromatic carbocycles. The van der Waals surface area contributed by atoms with Crippen LogP contribution in [0.4, 0.5) is 5.69 Å². The Balaban J connectivity index is 1.97. The van der Waals surface area contributed by atoms with Crippen LogP contribution >= 0.6 is 27.3 Å². The normalized spacial score (nSPS) is 15.3. The zero-order chi connectivity index (χ0) is 12.7. The molecule has 3 nitrogen and oxygen atoms in total. The molecule has 0 fully saturated rings. The monoisotopic (exact) mass is 323 g/mol. The number of thiophene rings is 1. The highest BCUT2D eigenvalue weighted by atomic mass is 79.9. The second-order valence-electron chi connectivity index (χ2n) is 4.18. The summed E-state index contributed by atoms with van der Waals surface area (Å²) >= 11 is 4.93. The molecule has 5 heteroatoms. The van der Waals surface area contributed by atoms with E-state index >= 15 is 0 Å². The van der Waals surface area contributed by atoms with Gasteiger partial charge in [0.05, 0.1) is 11.3 Å². The Bertz CT molecular complexity index is 623. The van der Waals surface area contributed by atoms with Crippen molar-refractivity contribution in [3.8, 4) is 0 Å². The van der Waals surface area contributed by atoms with Crippen LogP contribution in [0.5, 0.6) is 0 Å². The third-order valence-electron chi connectivity index (χ3n) is 2.96. The fourth-order valence-electron chi connectivity index (χ4n) is 2.07. The number of nitrogens with one attached hydrogen (secondary N) is 1. The first-order valence-corrected chi connectivity index (χ1v) is 7.16. The highest BCUT2D eigenvalue weighted by Gasteiger charge is 2.21. The molecule has 1 amide bonds. The number of amides is 1. The number of hydrogen-bond donors (Lipinski definition) is 2. The molecule has 1 aromatic heterocycles. The Morgan fingerprint density at radius 2 is 2.22 bits per heavy atom. The summed E-state index contributed by atoms with van der Waals surface area (Å²) in [6.45, 7) is 0. The molecule has 1 atom stereocenters. The molecule has 0 radical (unpaired) electrons. The second-order valence-corrected chi connectivity index (χ2v) is 5.98. The number of aliphatic hydroxyl groups excluding tert-OH is 1. The van der Waals surface area contributed by atoms with Gasteiger partial charge in [-0.1, -0.05) is 12.1 Å². The number of carbonyl (C=O) groups excluding carboxylic acids is 1. The number of benzene rings is 1. The van der Waals surface area contributed by atoms with E-state index in [-0.39, 0.29) is 5.91 Å². The van der Waals surface area contributed by atoms with E-state index < -0.39 is 6.10 Å². The van der Waals surface area contributed by atoms with Crippen molar-refractivity contribution in [1.29, 1.82) is 0 Å². The van der Waals surface area contributed by atoms with E-state index in [1.807, 2.05) is 29.6 Å². The maximum absolute atomic E-state index is 11.3. The lowest BCUT2D eigenvalue weighted by atomic mass is 10.0. The minimum atomic E-state index is -0.652. The third kappa shape index (κ3) is 1.98. The quantitative estimate of drug-likeness (QED) is 0.892. The summed E-state index contributed by atoms with van der Waals surface area (Å²) in [6.07, 6.45) is -0.262. The summed E-state index contributed by atoms with van der Waals surface area (Å²) in [5.41, 5.74) is 2.61. The molecule has 18 heavy (non-hydrogen) atoms. The van der Waals surface area contributed by atoms with E-state index in [1.54, 1.807) is 0 Å². The number of aliphatic hydroxyl groups is 1. The van der Waals surface area contributed by atoms with Crippen LogP contribution in [-0.4, -0.2) is 11.0 Å². The number of halogens is 1. The van der Waals surface area contributed by atoms with Gasteiger partial charge in [-0.3, -0.25) is 4.79 Å². The van der Waals surface area contributed by atoms with E-state index in [2.05, 4.69) is 21.2 Å². The van der Waals surface area contributed by atoms with Gasteiger partial charge in [0.25, 0.3) is 0 Å². The van der Waals surface area contributed by atoms with Crippen LogP contribution in [0.1, 0.15) is 22.1 Å². The molecule has 92 valence electrons. The maximum atomic E-state index is 11.3. The Labute approximate surface area is 117 Å². The van der Waals surface area contributed by atoms with Gasteiger partial charge in [0.15, 0.2) is 0 Å². The Morgan fingerprint density at radius 3 is 2.94 bits per heavy atom. The Morgan fingerprint density at radius 1 is 1.39 bits per heavy atom. The molecule has 0 aliphatic carbocycles. The van der Waals surface area contributed by atoms with Gasteiger partial charge in [0.2, 0.25) is 5.91 Å². The van der Waals surface area contributed by atoms with Gasteiger partial charge in [0.1, 0.15) is 6.10 Å². The fraction of sp³-hybridized carbons (Fsp3) is 0.154. The first kappa shape index (κ1) is 11.9. The van der Waals surface area contributed by atoms with E-state index in [9.17, 15) is 9.90 Å². The average Bonchev–Trinajstić information content (AvgIpc) is 2.91. The van der Waals surface area contributed by atoms with Gasteiger partial charge in [0, 0.05) is 10.2 Å². The minimum Gasteiger partial charge on any atom is -0.383 e. The summed E-state index contributed by atoms with van der Waals surface area (Å²) in [7, 11) is 0. The molecule has 1 unspecified atom stereocenters. The lowest BCUT2D eigenvalue weighted by Gasteiger charge is -2.11. The number of hydrogen-bond acceptors (Lipinski definition) is 3. The van der Waals surface area contributed by atoms with Crippen molar-refractivity contribution in [2.45, 2.75) is 12.5 Å². The SMILES string of the molecule is O=C1Cc2cc(C(O)c3sccc3Br)ccc2N1. The average molecular weight is 324 g/mol. The van der Waals surface area contributed by atoms with Crippen LogP contribution in [0.3, 0.4) is 0 Å². The van der Waals surface area contributed by atoms with Gasteiger partial charge >= 0.3 is 0 Å². The summed E-state index contributed by atoms with van der Waals surface area (Å²) < 4.78 is 0.912. The number of rotatable bonds is 2. The fourth-order valence-corrected chi connectivity index (χ4v) is 3.67. The summed E-state index contributed by atoms with van der Waals surface area (Å²) in [6, 6.07) is 7.51. The van der Waals surface area contributed by atoms with E-state index in [0.29, 0.717) is 6.42 Å². The van der Waals surface area contributed by atoms with Crippen molar-refractivity contribution in [2.24, 2.45) is 0 Å². The maximum Gasteiger partial charge on any atom is 0.228 e.